The Bertz CT molecular complexity index is 329. The van der Waals surface area contributed by atoms with E-state index in [1.54, 1.807) is 11.3 Å². The molecule has 96 valence electrons. The van der Waals surface area contributed by atoms with Crippen molar-refractivity contribution in [2.24, 2.45) is 5.73 Å². The summed E-state index contributed by atoms with van der Waals surface area (Å²) in [4.78, 5) is 2.32. The molecule has 0 saturated carbocycles. The van der Waals surface area contributed by atoms with Crippen LogP contribution in [0.5, 0.6) is 0 Å². The summed E-state index contributed by atoms with van der Waals surface area (Å²) < 4.78 is 5.47. The number of hydrogen-bond donors (Lipinski definition) is 2. The summed E-state index contributed by atoms with van der Waals surface area (Å²) in [7, 11) is 0. The van der Waals surface area contributed by atoms with Crippen LogP contribution in [0.1, 0.15) is 18.5 Å². The molecule has 5 heteroatoms. The van der Waals surface area contributed by atoms with Crippen molar-refractivity contribution in [3.8, 4) is 0 Å². The van der Waals surface area contributed by atoms with Crippen LogP contribution in [-0.4, -0.2) is 48.5 Å². The Morgan fingerprint density at radius 1 is 1.71 bits per heavy atom. The SMILES string of the molecule is CC(N)C(c1ccsc1)N1CCOC(CO)C1. The zero-order valence-corrected chi connectivity index (χ0v) is 10.9. The van der Waals surface area contributed by atoms with Gasteiger partial charge < -0.3 is 15.6 Å². The molecule has 2 rings (SSSR count). The van der Waals surface area contributed by atoms with Gasteiger partial charge in [0.1, 0.15) is 0 Å². The van der Waals surface area contributed by atoms with E-state index >= 15 is 0 Å². The molecule has 1 aliphatic rings. The summed E-state index contributed by atoms with van der Waals surface area (Å²) in [6, 6.07) is 2.42. The van der Waals surface area contributed by atoms with Crippen LogP contribution in [0.15, 0.2) is 16.8 Å². The standard InChI is InChI=1S/C12H20N2O2S/c1-9(13)12(10-2-5-17-8-10)14-3-4-16-11(6-14)7-15/h2,5,8-9,11-12,15H,3-4,6-7,13H2,1H3. The molecule has 1 aromatic heterocycles. The van der Waals surface area contributed by atoms with E-state index in [0.29, 0.717) is 6.61 Å². The van der Waals surface area contributed by atoms with Gasteiger partial charge in [-0.2, -0.15) is 11.3 Å². The van der Waals surface area contributed by atoms with Gasteiger partial charge in [0.2, 0.25) is 0 Å². The van der Waals surface area contributed by atoms with Gasteiger partial charge in [0.05, 0.1) is 25.4 Å². The number of aliphatic hydroxyl groups excluding tert-OH is 1. The van der Waals surface area contributed by atoms with Gasteiger partial charge in [0.15, 0.2) is 0 Å². The number of rotatable bonds is 4. The number of aliphatic hydroxyl groups is 1. The first-order valence-corrected chi connectivity index (χ1v) is 6.91. The fourth-order valence-corrected chi connectivity index (χ4v) is 3.08. The van der Waals surface area contributed by atoms with Crippen LogP contribution < -0.4 is 5.73 Å². The van der Waals surface area contributed by atoms with Gasteiger partial charge >= 0.3 is 0 Å². The Balaban J connectivity index is 2.11. The van der Waals surface area contributed by atoms with Crippen molar-refractivity contribution in [1.82, 2.24) is 4.90 Å². The van der Waals surface area contributed by atoms with E-state index in [0.717, 1.165) is 13.1 Å². The van der Waals surface area contributed by atoms with Gasteiger partial charge in [0.25, 0.3) is 0 Å². The van der Waals surface area contributed by atoms with Crippen molar-refractivity contribution in [1.29, 1.82) is 0 Å². The monoisotopic (exact) mass is 256 g/mol. The molecule has 0 bridgehead atoms. The first-order valence-electron chi connectivity index (χ1n) is 5.96. The Morgan fingerprint density at radius 2 is 2.53 bits per heavy atom. The smallest absolute Gasteiger partial charge is 0.0933 e. The summed E-state index contributed by atoms with van der Waals surface area (Å²) in [5.74, 6) is 0. The van der Waals surface area contributed by atoms with Crippen LogP contribution >= 0.6 is 11.3 Å². The Labute approximate surface area is 106 Å². The van der Waals surface area contributed by atoms with E-state index in [1.807, 2.05) is 6.92 Å². The average Bonchev–Trinajstić information content (AvgIpc) is 2.83. The highest BCUT2D eigenvalue weighted by molar-refractivity contribution is 7.07. The summed E-state index contributed by atoms with van der Waals surface area (Å²) in [6.45, 7) is 4.40. The fraction of sp³-hybridized carbons (Fsp3) is 0.667. The van der Waals surface area contributed by atoms with Gasteiger partial charge in [-0.3, -0.25) is 4.90 Å². The maximum Gasteiger partial charge on any atom is 0.0933 e. The van der Waals surface area contributed by atoms with E-state index in [4.69, 9.17) is 10.5 Å². The van der Waals surface area contributed by atoms with Crippen molar-refractivity contribution in [2.75, 3.05) is 26.3 Å². The summed E-state index contributed by atoms with van der Waals surface area (Å²) in [5, 5.41) is 13.4. The van der Waals surface area contributed by atoms with Gasteiger partial charge in [-0.15, -0.1) is 0 Å². The predicted octanol–water partition coefficient (Wildman–Crippen LogP) is 0.830. The van der Waals surface area contributed by atoms with E-state index in [-0.39, 0.29) is 24.8 Å². The predicted molar refractivity (Wildman–Crippen MR) is 69.1 cm³/mol. The van der Waals surface area contributed by atoms with E-state index in [2.05, 4.69) is 21.7 Å². The fourth-order valence-electron chi connectivity index (χ4n) is 2.40. The molecule has 1 saturated heterocycles. The van der Waals surface area contributed by atoms with Crippen molar-refractivity contribution in [3.63, 3.8) is 0 Å². The first-order chi connectivity index (χ1) is 8.22. The molecule has 3 N–H and O–H groups in total. The lowest BCUT2D eigenvalue weighted by atomic mass is 10.0. The third-order valence-electron chi connectivity index (χ3n) is 3.15. The highest BCUT2D eigenvalue weighted by atomic mass is 32.1. The number of hydrogen-bond acceptors (Lipinski definition) is 5. The van der Waals surface area contributed by atoms with Gasteiger partial charge in [-0.05, 0) is 29.3 Å². The molecule has 0 spiro atoms. The average molecular weight is 256 g/mol. The molecule has 0 aliphatic carbocycles. The number of nitrogens with zero attached hydrogens (tertiary/aromatic N) is 1. The lowest BCUT2D eigenvalue weighted by molar-refractivity contribution is -0.0674. The van der Waals surface area contributed by atoms with Crippen LogP contribution in [0.4, 0.5) is 0 Å². The second-order valence-electron chi connectivity index (χ2n) is 4.53. The van der Waals surface area contributed by atoms with Crippen LogP contribution in [0, 0.1) is 0 Å². The van der Waals surface area contributed by atoms with Gasteiger partial charge in [0, 0.05) is 19.1 Å². The maximum atomic E-state index is 9.18. The van der Waals surface area contributed by atoms with Gasteiger partial charge in [-0.1, -0.05) is 0 Å². The molecular weight excluding hydrogens is 236 g/mol. The molecule has 1 aliphatic heterocycles. The highest BCUT2D eigenvalue weighted by Gasteiger charge is 2.29. The normalized spacial score (nSPS) is 25.7. The second kappa shape index (κ2) is 5.93. The molecule has 3 unspecified atom stereocenters. The number of nitrogens with two attached hydrogens (primary N) is 1. The summed E-state index contributed by atoms with van der Waals surface area (Å²) >= 11 is 1.69. The van der Waals surface area contributed by atoms with Crippen molar-refractivity contribution < 1.29 is 9.84 Å². The van der Waals surface area contributed by atoms with Crippen molar-refractivity contribution >= 4 is 11.3 Å². The lowest BCUT2D eigenvalue weighted by Crippen LogP contribution is -2.49. The van der Waals surface area contributed by atoms with Gasteiger partial charge in [-0.25, -0.2) is 0 Å². The zero-order chi connectivity index (χ0) is 12.3. The Morgan fingerprint density at radius 3 is 3.12 bits per heavy atom. The molecule has 1 fully saturated rings. The minimum Gasteiger partial charge on any atom is -0.394 e. The van der Waals surface area contributed by atoms with E-state index in [1.165, 1.54) is 5.56 Å². The summed E-state index contributed by atoms with van der Waals surface area (Å²) in [5.41, 5.74) is 7.37. The number of thiophene rings is 1. The molecule has 0 radical (unpaired) electrons. The molecule has 1 aromatic rings. The highest BCUT2D eigenvalue weighted by Crippen LogP contribution is 2.27. The Hall–Kier alpha value is -0.460. The number of morpholine rings is 1. The maximum absolute atomic E-state index is 9.18. The van der Waals surface area contributed by atoms with Crippen molar-refractivity contribution in [3.05, 3.63) is 22.4 Å². The largest absolute Gasteiger partial charge is 0.394 e. The van der Waals surface area contributed by atoms with E-state index < -0.39 is 0 Å². The number of ether oxygens (including phenoxy) is 1. The van der Waals surface area contributed by atoms with Crippen LogP contribution in [0.25, 0.3) is 0 Å². The van der Waals surface area contributed by atoms with Crippen LogP contribution in [-0.2, 0) is 4.74 Å². The molecular formula is C12H20N2O2S. The van der Waals surface area contributed by atoms with Crippen LogP contribution in [0.3, 0.4) is 0 Å². The Kier molecular flexibility index (Phi) is 4.53. The first kappa shape index (κ1) is 13.0. The minimum absolute atomic E-state index is 0.0713. The molecule has 4 nitrogen and oxygen atoms in total. The minimum atomic E-state index is -0.0800. The second-order valence-corrected chi connectivity index (χ2v) is 5.31. The van der Waals surface area contributed by atoms with Crippen molar-refractivity contribution in [2.45, 2.75) is 25.1 Å². The van der Waals surface area contributed by atoms with Crippen LogP contribution in [0.2, 0.25) is 0 Å². The quantitative estimate of drug-likeness (QED) is 0.838. The zero-order valence-electron chi connectivity index (χ0n) is 10.1. The third kappa shape index (κ3) is 3.05. The molecule has 3 atom stereocenters. The molecule has 0 amide bonds. The lowest BCUT2D eigenvalue weighted by Gasteiger charge is -2.39. The molecule has 2 heterocycles. The summed E-state index contributed by atoms with van der Waals surface area (Å²) in [6.07, 6.45) is -0.0800. The topological polar surface area (TPSA) is 58.7 Å². The third-order valence-corrected chi connectivity index (χ3v) is 3.85. The molecule has 17 heavy (non-hydrogen) atoms. The molecule has 0 aromatic carbocycles. The van der Waals surface area contributed by atoms with E-state index in [9.17, 15) is 5.11 Å².